The fourth-order valence-corrected chi connectivity index (χ4v) is 12.3. The number of fused-ring (bicyclic) bond motifs is 1. The average Bonchev–Trinajstić information content (AvgIpc) is 2.85. The first-order valence-corrected chi connectivity index (χ1v) is 14.9. The lowest BCUT2D eigenvalue weighted by Crippen LogP contribution is -2.70. The van der Waals surface area contributed by atoms with E-state index in [1.807, 2.05) is 0 Å². The maximum Gasteiger partial charge on any atom is 0.0218 e. The van der Waals surface area contributed by atoms with E-state index in [0.717, 1.165) is 53.3 Å². The summed E-state index contributed by atoms with van der Waals surface area (Å²) in [5.41, 5.74) is 5.02. The van der Waals surface area contributed by atoms with E-state index in [1.54, 1.807) is 44.1 Å². The quantitative estimate of drug-likeness (QED) is 0.448. The second-order valence-electron chi connectivity index (χ2n) is 14.2. The van der Waals surface area contributed by atoms with Crippen LogP contribution in [0.4, 0.5) is 0 Å². The van der Waals surface area contributed by atoms with Crippen LogP contribution in [0, 0.1) is 53.3 Å². The summed E-state index contributed by atoms with van der Waals surface area (Å²) in [6.45, 7) is 0. The van der Waals surface area contributed by atoms with Crippen molar-refractivity contribution in [2.24, 2.45) is 53.3 Å². The van der Waals surface area contributed by atoms with E-state index in [0.29, 0.717) is 11.5 Å². The molecule has 0 saturated heterocycles. The van der Waals surface area contributed by atoms with E-state index in [2.05, 4.69) is 73.6 Å². The Bertz CT molecular complexity index is 1070. The van der Waals surface area contributed by atoms with Crippen LogP contribution in [-0.2, 0) is 5.41 Å². The largest absolute Gasteiger partial charge is 0.305 e. The molecule has 0 aromatic heterocycles. The summed E-state index contributed by atoms with van der Waals surface area (Å²) in [6.07, 6.45) is 13.8. The van der Waals surface area contributed by atoms with Crippen LogP contribution in [0.15, 0.2) is 54.6 Å². The molecule has 8 aliphatic rings. The first-order valence-electron chi connectivity index (χ1n) is 14.9. The molecular weight excluding hydrogens is 422 g/mol. The van der Waals surface area contributed by atoms with Crippen molar-refractivity contribution < 1.29 is 0 Å². The van der Waals surface area contributed by atoms with Crippen LogP contribution in [0.1, 0.15) is 63.4 Å². The SMILES string of the molecule is CN(C)C1C2CC3CC(C2)C(C2C4CC5CC(C4)CC2C5)C1(c1ccccc1-c1ccccc1)C3. The molecule has 0 amide bonds. The molecule has 1 nitrogen and oxygen atoms in total. The van der Waals surface area contributed by atoms with Crippen molar-refractivity contribution in [3.05, 3.63) is 60.2 Å². The van der Waals surface area contributed by atoms with Gasteiger partial charge in [0.2, 0.25) is 0 Å². The van der Waals surface area contributed by atoms with Gasteiger partial charge >= 0.3 is 0 Å². The Morgan fingerprint density at radius 1 is 0.629 bits per heavy atom. The van der Waals surface area contributed by atoms with Gasteiger partial charge in [0.1, 0.15) is 0 Å². The molecule has 6 atom stereocenters. The van der Waals surface area contributed by atoms with Crippen LogP contribution < -0.4 is 0 Å². The van der Waals surface area contributed by atoms with Gasteiger partial charge in [-0.2, -0.15) is 0 Å². The summed E-state index contributed by atoms with van der Waals surface area (Å²) < 4.78 is 0. The molecule has 0 aliphatic heterocycles. The Balaban J connectivity index is 1.34. The number of nitrogens with zero attached hydrogens (tertiary/aromatic N) is 1. The summed E-state index contributed by atoms with van der Waals surface area (Å²) >= 11 is 0. The minimum Gasteiger partial charge on any atom is -0.305 e. The van der Waals surface area contributed by atoms with Gasteiger partial charge in [-0.05, 0) is 142 Å². The summed E-state index contributed by atoms with van der Waals surface area (Å²) in [5, 5.41) is 0. The van der Waals surface area contributed by atoms with Crippen molar-refractivity contribution in [3.63, 3.8) is 0 Å². The van der Waals surface area contributed by atoms with Crippen molar-refractivity contribution in [3.8, 4) is 11.1 Å². The summed E-state index contributed by atoms with van der Waals surface area (Å²) in [6, 6.07) is 21.8. The third-order valence-corrected chi connectivity index (χ3v) is 12.4. The summed E-state index contributed by atoms with van der Waals surface area (Å²) in [4.78, 5) is 2.70. The Kier molecular flexibility index (Phi) is 4.73. The first-order chi connectivity index (χ1) is 17.1. The van der Waals surface area contributed by atoms with Crippen LogP contribution in [0.5, 0.6) is 0 Å². The number of likely N-dealkylation sites (N-methyl/N-ethyl adjacent to an activating group) is 1. The van der Waals surface area contributed by atoms with E-state index < -0.39 is 0 Å². The van der Waals surface area contributed by atoms with E-state index in [4.69, 9.17) is 0 Å². The summed E-state index contributed by atoms with van der Waals surface area (Å²) in [7, 11) is 4.85. The van der Waals surface area contributed by atoms with Crippen molar-refractivity contribution >= 4 is 0 Å². The Morgan fingerprint density at radius 2 is 1.26 bits per heavy atom. The molecule has 8 aliphatic carbocycles. The molecule has 8 fully saturated rings. The highest BCUT2D eigenvalue weighted by Gasteiger charge is 2.67. The molecule has 10 rings (SSSR count). The zero-order valence-electron chi connectivity index (χ0n) is 21.8. The van der Waals surface area contributed by atoms with Crippen molar-refractivity contribution in [2.75, 3.05) is 14.1 Å². The fourth-order valence-electron chi connectivity index (χ4n) is 12.3. The Hall–Kier alpha value is -1.60. The lowest BCUT2D eigenvalue weighted by Gasteiger charge is -2.71. The third-order valence-electron chi connectivity index (χ3n) is 12.4. The average molecular weight is 466 g/mol. The van der Waals surface area contributed by atoms with Crippen LogP contribution in [0.3, 0.4) is 0 Å². The molecule has 8 saturated carbocycles. The molecule has 2 aromatic rings. The van der Waals surface area contributed by atoms with Gasteiger partial charge in [0.25, 0.3) is 0 Å². The zero-order chi connectivity index (χ0) is 23.3. The predicted molar refractivity (Wildman–Crippen MR) is 144 cm³/mol. The minimum atomic E-state index is 0.324. The summed E-state index contributed by atoms with van der Waals surface area (Å²) in [5.74, 6) is 8.88. The van der Waals surface area contributed by atoms with E-state index in [-0.39, 0.29) is 0 Å². The topological polar surface area (TPSA) is 3.24 Å². The van der Waals surface area contributed by atoms with Gasteiger partial charge in [-0.25, -0.2) is 0 Å². The zero-order valence-corrected chi connectivity index (χ0v) is 21.8. The van der Waals surface area contributed by atoms with Gasteiger partial charge in [0, 0.05) is 11.5 Å². The van der Waals surface area contributed by atoms with Crippen molar-refractivity contribution in [2.45, 2.75) is 69.2 Å². The molecule has 0 spiro atoms. The lowest BCUT2D eigenvalue weighted by molar-refractivity contribution is -0.178. The second kappa shape index (κ2) is 7.70. The monoisotopic (exact) mass is 465 g/mol. The van der Waals surface area contributed by atoms with E-state index in [9.17, 15) is 0 Å². The Morgan fingerprint density at radius 3 is 1.97 bits per heavy atom. The van der Waals surface area contributed by atoms with E-state index in [1.165, 1.54) is 30.4 Å². The van der Waals surface area contributed by atoms with Crippen LogP contribution in [0.2, 0.25) is 0 Å². The highest BCUT2D eigenvalue weighted by molar-refractivity contribution is 5.69. The maximum absolute atomic E-state index is 2.70. The van der Waals surface area contributed by atoms with Gasteiger partial charge in [-0.15, -0.1) is 0 Å². The lowest BCUT2D eigenvalue weighted by atomic mass is 9.35. The molecule has 184 valence electrons. The highest BCUT2D eigenvalue weighted by atomic mass is 15.1. The number of rotatable bonds is 4. The van der Waals surface area contributed by atoms with Gasteiger partial charge in [-0.1, -0.05) is 54.6 Å². The van der Waals surface area contributed by atoms with Gasteiger partial charge in [0.05, 0.1) is 0 Å². The van der Waals surface area contributed by atoms with Gasteiger partial charge in [0.15, 0.2) is 0 Å². The Labute approximate surface area is 212 Å². The molecule has 0 N–H and O–H groups in total. The standard InChI is InChI=1S/C34H43N/c1-35(2)33-28-18-23-17-27(19-28)32(31-25-13-21-12-22(15-25)16-26(31)14-21)34(33,20-23)30-11-7-6-10-29(30)24-8-4-3-5-9-24/h3-11,21-23,25-28,31-33H,12-20H2,1-2H3. The van der Waals surface area contributed by atoms with Gasteiger partial charge in [-0.3, -0.25) is 0 Å². The molecule has 0 radical (unpaired) electrons. The maximum atomic E-state index is 2.70. The van der Waals surface area contributed by atoms with Crippen LogP contribution in [-0.4, -0.2) is 25.0 Å². The molecule has 2 aromatic carbocycles. The molecule has 8 bridgehead atoms. The van der Waals surface area contributed by atoms with E-state index >= 15 is 0 Å². The number of hydrogen-bond donors (Lipinski definition) is 0. The first kappa shape index (κ1) is 21.5. The smallest absolute Gasteiger partial charge is 0.0218 e. The fraction of sp³-hybridized carbons (Fsp3) is 0.647. The molecule has 35 heavy (non-hydrogen) atoms. The van der Waals surface area contributed by atoms with Crippen LogP contribution >= 0.6 is 0 Å². The van der Waals surface area contributed by atoms with Gasteiger partial charge < -0.3 is 4.90 Å². The van der Waals surface area contributed by atoms with Crippen molar-refractivity contribution in [1.29, 1.82) is 0 Å². The normalized spacial score (nSPS) is 47.1. The molecule has 0 heterocycles. The second-order valence-corrected chi connectivity index (χ2v) is 14.2. The van der Waals surface area contributed by atoms with Crippen LogP contribution in [0.25, 0.3) is 11.1 Å². The van der Waals surface area contributed by atoms with Crippen molar-refractivity contribution in [1.82, 2.24) is 4.90 Å². The highest BCUT2D eigenvalue weighted by Crippen LogP contribution is 2.71. The number of hydrogen-bond acceptors (Lipinski definition) is 1. The molecular formula is C34H43N. The minimum absolute atomic E-state index is 0.324. The predicted octanol–water partition coefficient (Wildman–Crippen LogP) is 7.66. The molecule has 1 heteroatoms. The number of benzene rings is 2. The molecule has 6 unspecified atom stereocenters. The third kappa shape index (κ3) is 2.97.